The van der Waals surface area contributed by atoms with Gasteiger partial charge in [0.15, 0.2) is 0 Å². The van der Waals surface area contributed by atoms with E-state index in [9.17, 15) is 0 Å². The molecule has 1 aromatic rings. The topological polar surface area (TPSA) is 34.1 Å². The summed E-state index contributed by atoms with van der Waals surface area (Å²) in [6, 6.07) is 0.492. The first-order chi connectivity index (χ1) is 9.36. The highest BCUT2D eigenvalue weighted by Crippen LogP contribution is 2.34. The Morgan fingerprint density at radius 3 is 3.05 bits per heavy atom. The molecule has 0 bridgehead atoms. The van der Waals surface area contributed by atoms with Crippen LogP contribution in [0.4, 0.5) is 0 Å². The fourth-order valence-electron chi connectivity index (χ4n) is 3.16. The van der Waals surface area contributed by atoms with Crippen LogP contribution >= 0.6 is 11.3 Å². The fourth-order valence-corrected chi connectivity index (χ4v) is 4.40. The van der Waals surface area contributed by atoms with Crippen molar-refractivity contribution in [1.29, 1.82) is 0 Å². The second-order valence-corrected chi connectivity index (χ2v) is 6.78. The van der Waals surface area contributed by atoms with E-state index in [1.165, 1.54) is 54.1 Å². The molecule has 0 radical (unpaired) electrons. The van der Waals surface area contributed by atoms with Crippen molar-refractivity contribution >= 4 is 11.3 Å². The molecular formula is C15H24N2OS. The number of thiazole rings is 1. The smallest absolute Gasteiger partial charge is 0.0957 e. The Kier molecular flexibility index (Phi) is 4.51. The predicted octanol–water partition coefficient (Wildman–Crippen LogP) is 3.24. The molecule has 2 heterocycles. The van der Waals surface area contributed by atoms with Crippen LogP contribution in [0.3, 0.4) is 0 Å². The van der Waals surface area contributed by atoms with Gasteiger partial charge >= 0.3 is 0 Å². The van der Waals surface area contributed by atoms with Crippen LogP contribution in [0, 0.1) is 0 Å². The average molecular weight is 280 g/mol. The molecule has 1 aliphatic heterocycles. The van der Waals surface area contributed by atoms with Crippen LogP contribution in [-0.4, -0.2) is 24.2 Å². The summed E-state index contributed by atoms with van der Waals surface area (Å²) in [5, 5.41) is 4.86. The summed E-state index contributed by atoms with van der Waals surface area (Å²) in [5.74, 6) is 0. The molecule has 2 atom stereocenters. The number of nitrogens with one attached hydrogen (secondary N) is 1. The maximum absolute atomic E-state index is 5.84. The van der Waals surface area contributed by atoms with E-state index < -0.39 is 0 Å². The highest BCUT2D eigenvalue weighted by molar-refractivity contribution is 7.11. The Balaban J connectivity index is 1.70. The van der Waals surface area contributed by atoms with Gasteiger partial charge in [0.05, 0.1) is 22.8 Å². The molecule has 4 heteroatoms. The average Bonchev–Trinajstić information content (AvgIpc) is 2.84. The largest absolute Gasteiger partial charge is 0.378 e. The van der Waals surface area contributed by atoms with Crippen LogP contribution in [0.5, 0.6) is 0 Å². The van der Waals surface area contributed by atoms with Gasteiger partial charge in [-0.15, -0.1) is 11.3 Å². The van der Waals surface area contributed by atoms with Gasteiger partial charge in [-0.2, -0.15) is 0 Å². The fraction of sp³-hybridized carbons (Fsp3) is 0.800. The number of hydrogen-bond acceptors (Lipinski definition) is 4. The first-order valence-corrected chi connectivity index (χ1v) is 8.52. The zero-order valence-electron chi connectivity index (χ0n) is 11.8. The number of ether oxygens (including phenoxy) is 1. The molecule has 1 aromatic heterocycles. The first kappa shape index (κ1) is 13.5. The lowest BCUT2D eigenvalue weighted by molar-refractivity contribution is 0.0167. The van der Waals surface area contributed by atoms with E-state index in [0.29, 0.717) is 12.1 Å². The molecule has 1 aliphatic carbocycles. The van der Waals surface area contributed by atoms with Crippen molar-refractivity contribution in [3.63, 3.8) is 0 Å². The van der Waals surface area contributed by atoms with E-state index in [1.54, 1.807) is 0 Å². The normalized spacial score (nSPS) is 27.2. The highest BCUT2D eigenvalue weighted by Gasteiger charge is 2.25. The third kappa shape index (κ3) is 3.18. The summed E-state index contributed by atoms with van der Waals surface area (Å²) in [4.78, 5) is 6.44. The maximum Gasteiger partial charge on any atom is 0.0957 e. The van der Waals surface area contributed by atoms with E-state index in [-0.39, 0.29) is 0 Å². The minimum Gasteiger partial charge on any atom is -0.378 e. The number of rotatable bonds is 4. The Labute approximate surface area is 119 Å². The van der Waals surface area contributed by atoms with E-state index in [4.69, 9.17) is 9.72 Å². The van der Waals surface area contributed by atoms with Gasteiger partial charge in [-0.1, -0.05) is 6.92 Å². The third-order valence-corrected chi connectivity index (χ3v) is 5.28. The van der Waals surface area contributed by atoms with Crippen LogP contribution in [0.25, 0.3) is 0 Å². The van der Waals surface area contributed by atoms with Crippen molar-refractivity contribution < 1.29 is 4.74 Å². The van der Waals surface area contributed by atoms with Crippen LogP contribution in [0.2, 0.25) is 0 Å². The van der Waals surface area contributed by atoms with Crippen LogP contribution in [0.1, 0.15) is 60.6 Å². The van der Waals surface area contributed by atoms with Gasteiger partial charge in [0.2, 0.25) is 0 Å². The zero-order chi connectivity index (χ0) is 13.1. The minimum atomic E-state index is 0.416. The number of aromatic nitrogens is 1. The molecule has 3 rings (SSSR count). The lowest BCUT2D eigenvalue weighted by Gasteiger charge is -2.22. The number of nitrogens with zero attached hydrogens (tertiary/aromatic N) is 1. The molecule has 1 N–H and O–H groups in total. The molecule has 1 fully saturated rings. The lowest BCUT2D eigenvalue weighted by atomic mass is 9.97. The summed E-state index contributed by atoms with van der Waals surface area (Å²) in [7, 11) is 0. The molecule has 2 aliphatic rings. The van der Waals surface area contributed by atoms with E-state index >= 15 is 0 Å². The first-order valence-electron chi connectivity index (χ1n) is 7.70. The molecule has 106 valence electrons. The molecule has 0 aromatic carbocycles. The van der Waals surface area contributed by atoms with Crippen molar-refractivity contribution in [2.24, 2.45) is 0 Å². The molecule has 3 nitrogen and oxygen atoms in total. The Morgan fingerprint density at radius 1 is 1.32 bits per heavy atom. The molecule has 0 amide bonds. The highest BCUT2D eigenvalue weighted by atomic mass is 32.1. The zero-order valence-corrected chi connectivity index (χ0v) is 12.6. The van der Waals surface area contributed by atoms with Crippen molar-refractivity contribution in [3.05, 3.63) is 15.6 Å². The van der Waals surface area contributed by atoms with Crippen LogP contribution < -0.4 is 5.32 Å². The lowest BCUT2D eigenvalue weighted by Crippen LogP contribution is -2.25. The predicted molar refractivity (Wildman–Crippen MR) is 78.8 cm³/mol. The number of fused-ring (bicyclic) bond motifs is 1. The standard InChI is InChI=1S/C15H24N2OS/c1-2-16-12-7-5-8-13-15(12)17-14(19-13)10-11-6-3-4-9-18-11/h11-12,16H,2-10H2,1H3. The Bertz CT molecular complexity index is 412. The summed E-state index contributed by atoms with van der Waals surface area (Å²) in [6.07, 6.45) is 8.95. The third-order valence-electron chi connectivity index (χ3n) is 4.13. The van der Waals surface area contributed by atoms with Crippen molar-refractivity contribution in [3.8, 4) is 0 Å². The van der Waals surface area contributed by atoms with Gasteiger partial charge in [0.25, 0.3) is 0 Å². The Hall–Kier alpha value is -0.450. The summed E-state index contributed by atoms with van der Waals surface area (Å²) in [5.41, 5.74) is 1.34. The van der Waals surface area contributed by atoms with Gasteiger partial charge in [0.1, 0.15) is 0 Å². The Morgan fingerprint density at radius 2 is 2.26 bits per heavy atom. The van der Waals surface area contributed by atoms with E-state index in [2.05, 4.69) is 12.2 Å². The van der Waals surface area contributed by atoms with Gasteiger partial charge < -0.3 is 10.1 Å². The van der Waals surface area contributed by atoms with Crippen molar-refractivity contribution in [2.75, 3.05) is 13.2 Å². The van der Waals surface area contributed by atoms with E-state index in [1.807, 2.05) is 11.3 Å². The molecule has 1 saturated heterocycles. The van der Waals surface area contributed by atoms with Gasteiger partial charge in [-0.3, -0.25) is 0 Å². The number of hydrogen-bond donors (Lipinski definition) is 1. The summed E-state index contributed by atoms with van der Waals surface area (Å²) < 4.78 is 5.84. The van der Waals surface area contributed by atoms with Gasteiger partial charge in [-0.25, -0.2) is 4.98 Å². The summed E-state index contributed by atoms with van der Waals surface area (Å²) in [6.45, 7) is 4.15. The SMILES string of the molecule is CCNC1CCCc2sc(CC3CCCCO3)nc21. The van der Waals surface area contributed by atoms with E-state index in [0.717, 1.165) is 19.6 Å². The molecule has 0 spiro atoms. The van der Waals surface area contributed by atoms with Crippen molar-refractivity contribution in [2.45, 2.75) is 64.0 Å². The molecule has 0 saturated carbocycles. The second kappa shape index (κ2) is 6.33. The molecular weight excluding hydrogens is 256 g/mol. The number of aryl methyl sites for hydroxylation is 1. The molecule has 2 unspecified atom stereocenters. The van der Waals surface area contributed by atoms with Crippen LogP contribution in [0.15, 0.2) is 0 Å². The van der Waals surface area contributed by atoms with Crippen molar-refractivity contribution in [1.82, 2.24) is 10.3 Å². The minimum absolute atomic E-state index is 0.416. The molecule has 19 heavy (non-hydrogen) atoms. The van der Waals surface area contributed by atoms with Crippen LogP contribution in [-0.2, 0) is 17.6 Å². The monoisotopic (exact) mass is 280 g/mol. The van der Waals surface area contributed by atoms with Gasteiger partial charge in [0, 0.05) is 17.9 Å². The maximum atomic E-state index is 5.84. The van der Waals surface area contributed by atoms with Gasteiger partial charge in [-0.05, 0) is 45.1 Å². The second-order valence-electron chi connectivity index (χ2n) is 5.61. The summed E-state index contributed by atoms with van der Waals surface area (Å²) >= 11 is 1.93. The quantitative estimate of drug-likeness (QED) is 0.919.